The Labute approximate surface area is 169 Å². The van der Waals surface area contributed by atoms with Crippen LogP contribution in [-0.4, -0.2) is 37.1 Å². The van der Waals surface area contributed by atoms with Crippen LogP contribution in [0.1, 0.15) is 44.1 Å². The number of hydrogen-bond donors (Lipinski definition) is 2. The molecule has 148 valence electrons. The van der Waals surface area contributed by atoms with Crippen LogP contribution in [0.25, 0.3) is 0 Å². The maximum Gasteiger partial charge on any atom is 0.286 e. The fourth-order valence-corrected chi connectivity index (χ4v) is 3.74. The van der Waals surface area contributed by atoms with Crippen LogP contribution in [0.15, 0.2) is 40.6 Å². The summed E-state index contributed by atoms with van der Waals surface area (Å²) in [6, 6.07) is 8.13. The van der Waals surface area contributed by atoms with Crippen LogP contribution in [0.2, 0.25) is 0 Å². The lowest BCUT2D eigenvalue weighted by Crippen LogP contribution is -2.39. The smallest absolute Gasteiger partial charge is 0.286 e. The summed E-state index contributed by atoms with van der Waals surface area (Å²) in [4.78, 5) is 12.6. The molecule has 0 aromatic heterocycles. The van der Waals surface area contributed by atoms with Gasteiger partial charge in [0.15, 0.2) is 5.76 Å². The third-order valence-electron chi connectivity index (χ3n) is 5.14. The summed E-state index contributed by atoms with van der Waals surface area (Å²) in [6.45, 7) is 3.26. The maximum absolute atomic E-state index is 12.6. The molecule has 27 heavy (non-hydrogen) atoms. The van der Waals surface area contributed by atoms with Crippen LogP contribution in [-0.2, 0) is 14.3 Å². The van der Waals surface area contributed by atoms with Crippen LogP contribution in [0.3, 0.4) is 0 Å². The van der Waals surface area contributed by atoms with E-state index in [0.29, 0.717) is 31.2 Å². The summed E-state index contributed by atoms with van der Waals surface area (Å²) in [6.07, 6.45) is 5.22. The van der Waals surface area contributed by atoms with E-state index in [9.17, 15) is 9.90 Å². The van der Waals surface area contributed by atoms with Crippen LogP contribution in [0.5, 0.6) is 0 Å². The van der Waals surface area contributed by atoms with E-state index in [-0.39, 0.29) is 24.3 Å². The lowest BCUT2D eigenvalue weighted by atomic mass is 9.80. The molecular weight excluding hydrogens is 410 g/mol. The van der Waals surface area contributed by atoms with Crippen molar-refractivity contribution in [3.05, 3.63) is 46.1 Å². The van der Waals surface area contributed by atoms with E-state index < -0.39 is 6.29 Å². The molecule has 1 aromatic rings. The number of allylic oxidation sites excluding steroid dienone is 1. The number of carbonyl (C=O) groups is 1. The molecule has 1 aliphatic heterocycles. The Balaban J connectivity index is 1.86. The highest BCUT2D eigenvalue weighted by molar-refractivity contribution is 9.10. The number of ether oxygens (including phenoxy) is 2. The van der Waals surface area contributed by atoms with Crippen molar-refractivity contribution in [2.75, 3.05) is 19.8 Å². The van der Waals surface area contributed by atoms with Crippen molar-refractivity contribution < 1.29 is 19.4 Å². The molecule has 1 saturated carbocycles. The van der Waals surface area contributed by atoms with Crippen molar-refractivity contribution in [1.29, 1.82) is 0 Å². The van der Waals surface area contributed by atoms with Gasteiger partial charge in [0.05, 0.1) is 0 Å². The molecule has 0 saturated heterocycles. The summed E-state index contributed by atoms with van der Waals surface area (Å²) in [5, 5.41) is 12.3. The van der Waals surface area contributed by atoms with Crippen LogP contribution in [0.4, 0.5) is 0 Å². The first-order valence-corrected chi connectivity index (χ1v) is 10.6. The topological polar surface area (TPSA) is 67.8 Å². The molecule has 1 heterocycles. The number of aliphatic hydroxyl groups is 1. The zero-order chi connectivity index (χ0) is 19.2. The quantitative estimate of drug-likeness (QED) is 0.617. The standard InChI is InChI=1S/C21H28BrNO4/c1-2-26-21-17(4-3-11-24)18(15-7-9-16(22)10-8-15)12-19(27-21)20(25)23-13-14-5-6-14/h7-10,12,14,17-18,21,24H,2-6,11,13H2,1H3,(H,23,25)/t17-,18-,21-/m1/s1. The molecule has 3 atom stereocenters. The number of amides is 1. The minimum absolute atomic E-state index is 0.00313. The zero-order valence-electron chi connectivity index (χ0n) is 15.7. The third kappa shape index (κ3) is 5.56. The lowest BCUT2D eigenvalue weighted by molar-refractivity contribution is -0.166. The Kier molecular flexibility index (Phi) is 7.33. The van der Waals surface area contributed by atoms with Gasteiger partial charge in [-0.1, -0.05) is 28.1 Å². The number of carbonyl (C=O) groups excluding carboxylic acids is 1. The van der Waals surface area contributed by atoms with Crippen molar-refractivity contribution in [2.24, 2.45) is 11.8 Å². The Hall–Kier alpha value is -1.37. The molecule has 5 nitrogen and oxygen atoms in total. The van der Waals surface area contributed by atoms with Crippen molar-refractivity contribution in [2.45, 2.75) is 44.8 Å². The van der Waals surface area contributed by atoms with E-state index in [1.165, 1.54) is 12.8 Å². The van der Waals surface area contributed by atoms with Gasteiger partial charge in [-0.05, 0) is 62.3 Å². The van der Waals surface area contributed by atoms with E-state index in [2.05, 4.69) is 33.4 Å². The SMILES string of the molecule is CCO[C@@H]1OC(C(=O)NCC2CC2)=C[C@H](c2ccc(Br)cc2)[C@H]1CCCO. The lowest BCUT2D eigenvalue weighted by Gasteiger charge is -2.37. The fraction of sp³-hybridized carbons (Fsp3) is 0.571. The molecule has 3 rings (SSSR count). The van der Waals surface area contributed by atoms with Gasteiger partial charge in [-0.15, -0.1) is 0 Å². The van der Waals surface area contributed by atoms with Gasteiger partial charge in [0.25, 0.3) is 5.91 Å². The molecule has 1 amide bonds. The summed E-state index contributed by atoms with van der Waals surface area (Å²) >= 11 is 3.48. The van der Waals surface area contributed by atoms with Crippen molar-refractivity contribution in [3.8, 4) is 0 Å². The Bertz CT molecular complexity index is 657. The third-order valence-corrected chi connectivity index (χ3v) is 5.67. The van der Waals surface area contributed by atoms with Crippen molar-refractivity contribution >= 4 is 21.8 Å². The number of aliphatic hydroxyl groups excluding tert-OH is 1. The first kappa shape index (κ1) is 20.4. The summed E-state index contributed by atoms with van der Waals surface area (Å²) in [5.41, 5.74) is 1.11. The molecule has 0 spiro atoms. The summed E-state index contributed by atoms with van der Waals surface area (Å²) in [7, 11) is 0. The second-order valence-electron chi connectivity index (χ2n) is 7.23. The molecule has 1 fully saturated rings. The first-order valence-electron chi connectivity index (χ1n) is 9.77. The summed E-state index contributed by atoms with van der Waals surface area (Å²) in [5.74, 6) is 0.812. The van der Waals surface area contributed by atoms with Crippen LogP contribution < -0.4 is 5.32 Å². The second kappa shape index (κ2) is 9.71. The molecular formula is C21H28BrNO4. The van der Waals surface area contributed by atoms with Gasteiger partial charge in [0, 0.05) is 36.1 Å². The first-order chi connectivity index (χ1) is 13.1. The number of benzene rings is 1. The number of halogens is 1. The molecule has 1 aliphatic carbocycles. The second-order valence-corrected chi connectivity index (χ2v) is 8.15. The van der Waals surface area contributed by atoms with Crippen molar-refractivity contribution in [3.63, 3.8) is 0 Å². The highest BCUT2D eigenvalue weighted by Crippen LogP contribution is 2.39. The molecule has 0 radical (unpaired) electrons. The van der Waals surface area contributed by atoms with Gasteiger partial charge < -0.3 is 19.9 Å². The fourth-order valence-electron chi connectivity index (χ4n) is 3.48. The van der Waals surface area contributed by atoms with Gasteiger partial charge in [0.2, 0.25) is 6.29 Å². The number of nitrogens with one attached hydrogen (secondary N) is 1. The molecule has 2 N–H and O–H groups in total. The van der Waals surface area contributed by atoms with E-state index in [1.54, 1.807) is 0 Å². The Morgan fingerprint density at radius 1 is 1.33 bits per heavy atom. The Morgan fingerprint density at radius 2 is 2.07 bits per heavy atom. The number of rotatable bonds is 9. The highest BCUT2D eigenvalue weighted by Gasteiger charge is 2.38. The molecule has 1 aromatic carbocycles. The highest BCUT2D eigenvalue weighted by atomic mass is 79.9. The zero-order valence-corrected chi connectivity index (χ0v) is 17.3. The van der Waals surface area contributed by atoms with E-state index in [4.69, 9.17) is 9.47 Å². The predicted molar refractivity (Wildman–Crippen MR) is 107 cm³/mol. The summed E-state index contributed by atoms with van der Waals surface area (Å²) < 4.78 is 12.8. The molecule has 0 bridgehead atoms. The average molecular weight is 438 g/mol. The predicted octanol–water partition coefficient (Wildman–Crippen LogP) is 3.72. The van der Waals surface area contributed by atoms with E-state index >= 15 is 0 Å². The Morgan fingerprint density at radius 3 is 2.70 bits per heavy atom. The van der Waals surface area contributed by atoms with Gasteiger partial charge >= 0.3 is 0 Å². The van der Waals surface area contributed by atoms with Gasteiger partial charge in [-0.2, -0.15) is 0 Å². The van der Waals surface area contributed by atoms with Crippen LogP contribution in [0, 0.1) is 11.8 Å². The monoisotopic (exact) mass is 437 g/mol. The normalized spacial score (nSPS) is 24.9. The molecule has 0 unspecified atom stereocenters. The molecule has 2 aliphatic rings. The minimum atomic E-state index is -0.498. The maximum atomic E-state index is 12.6. The largest absolute Gasteiger partial charge is 0.459 e. The van der Waals surface area contributed by atoms with Crippen LogP contribution >= 0.6 is 15.9 Å². The van der Waals surface area contributed by atoms with E-state index in [0.717, 1.165) is 16.5 Å². The van der Waals surface area contributed by atoms with Crippen molar-refractivity contribution in [1.82, 2.24) is 5.32 Å². The molecule has 6 heteroatoms. The van der Waals surface area contributed by atoms with E-state index in [1.807, 2.05) is 25.1 Å². The minimum Gasteiger partial charge on any atom is -0.459 e. The van der Waals surface area contributed by atoms with Gasteiger partial charge in [-0.3, -0.25) is 4.79 Å². The average Bonchev–Trinajstić information content (AvgIpc) is 3.50. The number of hydrogen-bond acceptors (Lipinski definition) is 4. The van der Waals surface area contributed by atoms with Gasteiger partial charge in [-0.25, -0.2) is 0 Å². The van der Waals surface area contributed by atoms with Gasteiger partial charge in [0.1, 0.15) is 0 Å².